The summed E-state index contributed by atoms with van der Waals surface area (Å²) in [4.78, 5) is 4.25. The van der Waals surface area contributed by atoms with E-state index >= 15 is 0 Å². The summed E-state index contributed by atoms with van der Waals surface area (Å²) >= 11 is 3.46. The van der Waals surface area contributed by atoms with E-state index in [1.807, 2.05) is 36.0 Å². The highest BCUT2D eigenvalue weighted by Crippen LogP contribution is 2.29. The second kappa shape index (κ2) is 5.91. The van der Waals surface area contributed by atoms with Crippen molar-refractivity contribution >= 4 is 15.9 Å². The Hall–Kier alpha value is -1.49. The van der Waals surface area contributed by atoms with Gasteiger partial charge in [0.1, 0.15) is 17.3 Å². The van der Waals surface area contributed by atoms with E-state index in [0.29, 0.717) is 6.61 Å². The van der Waals surface area contributed by atoms with E-state index in [4.69, 9.17) is 9.47 Å². The molecule has 18 heavy (non-hydrogen) atoms. The van der Waals surface area contributed by atoms with Gasteiger partial charge in [-0.25, -0.2) is 4.98 Å². The van der Waals surface area contributed by atoms with Crippen molar-refractivity contribution in [3.05, 3.63) is 40.9 Å². The third kappa shape index (κ3) is 3.04. The molecule has 2 aromatic rings. The molecule has 0 aliphatic carbocycles. The van der Waals surface area contributed by atoms with Gasteiger partial charge in [-0.05, 0) is 34.1 Å². The van der Waals surface area contributed by atoms with Crippen LogP contribution in [0.2, 0.25) is 0 Å². The monoisotopic (exact) mass is 310 g/mol. The molecular formula is C13H15BrN2O2. The lowest BCUT2D eigenvalue weighted by atomic mass is 10.3. The molecule has 2 rings (SSSR count). The largest absolute Gasteiger partial charge is 0.497 e. The number of ether oxygens (including phenoxy) is 2. The van der Waals surface area contributed by atoms with Crippen LogP contribution in [0.4, 0.5) is 0 Å². The summed E-state index contributed by atoms with van der Waals surface area (Å²) in [6, 6.07) is 5.65. The highest BCUT2D eigenvalue weighted by atomic mass is 79.9. The van der Waals surface area contributed by atoms with Gasteiger partial charge in [0, 0.05) is 25.9 Å². The number of methoxy groups -OCH3 is 1. The Kier molecular flexibility index (Phi) is 4.25. The number of nitrogens with zero attached hydrogens (tertiary/aromatic N) is 2. The Labute approximate surface area is 115 Å². The molecule has 96 valence electrons. The molecule has 4 nitrogen and oxygen atoms in total. The van der Waals surface area contributed by atoms with Gasteiger partial charge in [0.25, 0.3) is 0 Å². The molecule has 1 aromatic carbocycles. The first kappa shape index (κ1) is 13.0. The highest BCUT2D eigenvalue weighted by Gasteiger charge is 2.04. The Morgan fingerprint density at radius 3 is 2.83 bits per heavy atom. The van der Waals surface area contributed by atoms with Crippen LogP contribution in [0.25, 0.3) is 0 Å². The molecular weight excluding hydrogens is 296 g/mol. The van der Waals surface area contributed by atoms with Crippen LogP contribution < -0.4 is 9.47 Å². The lowest BCUT2D eigenvalue weighted by Gasteiger charge is -2.09. The average Bonchev–Trinajstić information content (AvgIpc) is 2.77. The molecule has 0 amide bonds. The average molecular weight is 311 g/mol. The Balaban J connectivity index is 1.92. The molecule has 0 saturated heterocycles. The molecule has 0 aliphatic heterocycles. The summed E-state index contributed by atoms with van der Waals surface area (Å²) in [5.41, 5.74) is 0. The molecule has 1 aromatic heterocycles. The maximum Gasteiger partial charge on any atom is 0.133 e. The smallest absolute Gasteiger partial charge is 0.133 e. The molecule has 0 unspecified atom stereocenters. The number of hydrogen-bond donors (Lipinski definition) is 0. The number of aromatic nitrogens is 2. The van der Waals surface area contributed by atoms with Crippen molar-refractivity contribution in [1.82, 2.24) is 9.55 Å². The highest BCUT2D eigenvalue weighted by molar-refractivity contribution is 9.10. The molecule has 0 atom stereocenters. The Morgan fingerprint density at radius 2 is 2.22 bits per heavy atom. The quantitative estimate of drug-likeness (QED) is 0.852. The Morgan fingerprint density at radius 1 is 1.39 bits per heavy atom. The molecule has 5 heteroatoms. The second-order valence-electron chi connectivity index (χ2n) is 3.85. The van der Waals surface area contributed by atoms with Crippen molar-refractivity contribution in [1.29, 1.82) is 0 Å². The first-order valence-corrected chi connectivity index (χ1v) is 6.42. The van der Waals surface area contributed by atoms with Crippen LogP contribution in [0.15, 0.2) is 35.1 Å². The fourth-order valence-corrected chi connectivity index (χ4v) is 2.09. The van der Waals surface area contributed by atoms with Crippen molar-refractivity contribution in [2.75, 3.05) is 13.7 Å². The fraction of sp³-hybridized carbons (Fsp3) is 0.308. The zero-order valence-corrected chi connectivity index (χ0v) is 12.0. The van der Waals surface area contributed by atoms with E-state index in [2.05, 4.69) is 20.9 Å². The van der Waals surface area contributed by atoms with Crippen LogP contribution in [0.5, 0.6) is 11.5 Å². The lowest BCUT2D eigenvalue weighted by Crippen LogP contribution is -2.06. The van der Waals surface area contributed by atoms with Crippen molar-refractivity contribution in [2.45, 2.75) is 6.42 Å². The summed E-state index contributed by atoms with van der Waals surface area (Å²) in [5.74, 6) is 2.63. The molecule has 0 saturated carbocycles. The van der Waals surface area contributed by atoms with Crippen LogP contribution in [0.3, 0.4) is 0 Å². The molecule has 0 aliphatic rings. The van der Waals surface area contributed by atoms with E-state index in [0.717, 1.165) is 28.2 Å². The third-order valence-electron chi connectivity index (χ3n) is 2.64. The first-order valence-electron chi connectivity index (χ1n) is 5.63. The van der Waals surface area contributed by atoms with Crippen molar-refractivity contribution in [3.63, 3.8) is 0 Å². The maximum atomic E-state index is 5.71. The molecule has 1 heterocycles. The van der Waals surface area contributed by atoms with Crippen molar-refractivity contribution in [3.8, 4) is 11.5 Å². The summed E-state index contributed by atoms with van der Waals surface area (Å²) in [7, 11) is 3.62. The fourth-order valence-electron chi connectivity index (χ4n) is 1.62. The normalized spacial score (nSPS) is 10.4. The minimum Gasteiger partial charge on any atom is -0.497 e. The van der Waals surface area contributed by atoms with Gasteiger partial charge in [0.2, 0.25) is 0 Å². The van der Waals surface area contributed by atoms with Gasteiger partial charge in [-0.2, -0.15) is 0 Å². The minimum absolute atomic E-state index is 0.593. The topological polar surface area (TPSA) is 36.3 Å². The number of imidazole rings is 1. The van der Waals surface area contributed by atoms with Crippen LogP contribution >= 0.6 is 15.9 Å². The standard InChI is InChI=1S/C13H15BrN2O2/c1-16-7-6-15-13(16)5-8-18-12-4-3-10(17-2)9-11(12)14/h3-4,6-7,9H,5,8H2,1-2H3. The number of halogens is 1. The molecule has 0 spiro atoms. The predicted octanol–water partition coefficient (Wildman–Crippen LogP) is 2.81. The SMILES string of the molecule is COc1ccc(OCCc2nccn2C)c(Br)c1. The van der Waals surface area contributed by atoms with Gasteiger partial charge in [-0.1, -0.05) is 0 Å². The van der Waals surface area contributed by atoms with Crippen LogP contribution in [0, 0.1) is 0 Å². The van der Waals surface area contributed by atoms with E-state index in [1.54, 1.807) is 13.3 Å². The number of rotatable bonds is 5. The van der Waals surface area contributed by atoms with Gasteiger partial charge in [-0.15, -0.1) is 0 Å². The van der Waals surface area contributed by atoms with Crippen molar-refractivity contribution < 1.29 is 9.47 Å². The van der Waals surface area contributed by atoms with Crippen LogP contribution in [0.1, 0.15) is 5.82 Å². The third-order valence-corrected chi connectivity index (χ3v) is 3.26. The van der Waals surface area contributed by atoms with Gasteiger partial charge in [0.15, 0.2) is 0 Å². The van der Waals surface area contributed by atoms with Gasteiger partial charge in [-0.3, -0.25) is 0 Å². The summed E-state index contributed by atoms with van der Waals surface area (Å²) in [6.45, 7) is 0.593. The van der Waals surface area contributed by atoms with E-state index in [1.165, 1.54) is 0 Å². The molecule has 0 N–H and O–H groups in total. The van der Waals surface area contributed by atoms with E-state index < -0.39 is 0 Å². The summed E-state index contributed by atoms with van der Waals surface area (Å²) < 4.78 is 13.7. The van der Waals surface area contributed by atoms with Gasteiger partial charge < -0.3 is 14.0 Å². The number of aryl methyl sites for hydroxylation is 1. The molecule has 0 fully saturated rings. The summed E-state index contributed by atoms with van der Waals surface area (Å²) in [6.07, 6.45) is 4.50. The molecule has 0 radical (unpaired) electrons. The van der Waals surface area contributed by atoms with Crippen LogP contribution in [-0.2, 0) is 13.5 Å². The second-order valence-corrected chi connectivity index (χ2v) is 4.70. The molecule has 0 bridgehead atoms. The zero-order valence-electron chi connectivity index (χ0n) is 10.4. The van der Waals surface area contributed by atoms with E-state index in [-0.39, 0.29) is 0 Å². The van der Waals surface area contributed by atoms with Crippen LogP contribution in [-0.4, -0.2) is 23.3 Å². The van der Waals surface area contributed by atoms with Gasteiger partial charge in [0.05, 0.1) is 18.2 Å². The minimum atomic E-state index is 0.593. The lowest BCUT2D eigenvalue weighted by molar-refractivity contribution is 0.314. The first-order chi connectivity index (χ1) is 8.70. The zero-order chi connectivity index (χ0) is 13.0. The predicted molar refractivity (Wildman–Crippen MR) is 73.1 cm³/mol. The number of hydrogen-bond acceptors (Lipinski definition) is 3. The summed E-state index contributed by atoms with van der Waals surface area (Å²) in [5, 5.41) is 0. The maximum absolute atomic E-state index is 5.71. The Bertz CT molecular complexity index is 525. The number of benzene rings is 1. The van der Waals surface area contributed by atoms with Crippen molar-refractivity contribution in [2.24, 2.45) is 7.05 Å². The van der Waals surface area contributed by atoms with Gasteiger partial charge >= 0.3 is 0 Å². The van der Waals surface area contributed by atoms with E-state index in [9.17, 15) is 0 Å².